The monoisotopic (exact) mass is 420 g/mol. The molecule has 6 nitrogen and oxygen atoms in total. The second-order valence-corrected chi connectivity index (χ2v) is 7.40. The highest BCUT2D eigenvalue weighted by Crippen LogP contribution is 2.37. The van der Waals surface area contributed by atoms with Crippen LogP contribution < -0.4 is 0 Å². The quantitative estimate of drug-likeness (QED) is 0.0828. The summed E-state index contributed by atoms with van der Waals surface area (Å²) in [5.74, 6) is -1.59. The lowest BCUT2D eigenvalue weighted by molar-refractivity contribution is -0.363. The van der Waals surface area contributed by atoms with Crippen molar-refractivity contribution >= 4 is 50.2 Å². The van der Waals surface area contributed by atoms with Crippen LogP contribution in [-0.4, -0.2) is 16.9 Å². The zero-order chi connectivity index (χ0) is 22.4. The van der Waals surface area contributed by atoms with Crippen molar-refractivity contribution in [2.75, 3.05) is 0 Å². The number of hydrogen-bond acceptors (Lipinski definition) is 4. The van der Waals surface area contributed by atoms with Gasteiger partial charge in [-0.1, -0.05) is 66.2 Å². The third-order valence-electron chi connectivity index (χ3n) is 5.72. The van der Waals surface area contributed by atoms with E-state index in [4.69, 9.17) is 11.6 Å². The van der Waals surface area contributed by atoms with Crippen LogP contribution in [0.3, 0.4) is 0 Å². The molecule has 0 saturated heterocycles. The summed E-state index contributed by atoms with van der Waals surface area (Å²) in [6.07, 6.45) is 2.62. The van der Waals surface area contributed by atoms with Crippen molar-refractivity contribution in [3.8, 4) is 0 Å². The van der Waals surface area contributed by atoms with Crippen molar-refractivity contribution in [1.82, 2.24) is 5.06 Å². The van der Waals surface area contributed by atoms with Crippen molar-refractivity contribution in [2.24, 2.45) is 0 Å². The predicted molar refractivity (Wildman–Crippen MR) is 122 cm³/mol. The van der Waals surface area contributed by atoms with Crippen LogP contribution >= 0.6 is 0 Å². The van der Waals surface area contributed by atoms with Crippen LogP contribution in [0.15, 0.2) is 84.3 Å². The molecule has 0 aliphatic carbocycles. The molecule has 154 valence electrons. The predicted octanol–water partition coefficient (Wildman–Crippen LogP) is 5.54. The number of benzene rings is 4. The van der Waals surface area contributed by atoms with Crippen LogP contribution in [0.5, 0.6) is 0 Å². The van der Waals surface area contributed by atoms with Gasteiger partial charge in [0.25, 0.3) is 17.5 Å². The van der Waals surface area contributed by atoms with Gasteiger partial charge in [-0.3, -0.25) is 9.59 Å². The highest BCUT2D eigenvalue weighted by atomic mass is 17.3. The minimum absolute atomic E-state index is 0.179. The lowest BCUT2D eigenvalue weighted by Gasteiger charge is -2.24. The summed E-state index contributed by atoms with van der Waals surface area (Å²) in [4.78, 5) is 38.2. The number of rotatable bonds is 4. The molecule has 4 aromatic rings. The molecule has 0 saturated carbocycles. The number of amides is 2. The van der Waals surface area contributed by atoms with Gasteiger partial charge in [-0.2, -0.15) is 0 Å². The summed E-state index contributed by atoms with van der Waals surface area (Å²) < 4.78 is 0. The van der Waals surface area contributed by atoms with Gasteiger partial charge in [-0.15, -0.1) is 5.06 Å². The molecule has 0 N–H and O–H groups in total. The first-order valence-electron chi connectivity index (χ1n) is 9.85. The molecular weight excluding hydrogens is 404 g/mol. The van der Waals surface area contributed by atoms with Gasteiger partial charge in [0.15, 0.2) is 0 Å². The van der Waals surface area contributed by atoms with Gasteiger partial charge in [0.1, 0.15) is 6.26 Å². The standard InChI is InChI=1S/C26H16N2O4/c1-4-31-32-28-25(29)21(15(2)24(27-3)26(28)30)14-19-11-10-18-9-8-16-6-5-7-17-12-13-20(19)23(18)22(16)17/h4-14H,1H2,2H3/b21-14+. The third kappa shape index (κ3) is 2.77. The highest BCUT2D eigenvalue weighted by Gasteiger charge is 2.38. The van der Waals surface area contributed by atoms with E-state index < -0.39 is 11.8 Å². The first-order valence-corrected chi connectivity index (χ1v) is 9.85. The van der Waals surface area contributed by atoms with Crippen molar-refractivity contribution in [3.05, 3.63) is 101 Å². The summed E-state index contributed by atoms with van der Waals surface area (Å²) in [5.41, 5.74) is 1.06. The first-order chi connectivity index (χ1) is 15.5. The Morgan fingerprint density at radius 2 is 1.59 bits per heavy atom. The molecule has 0 radical (unpaired) electrons. The fraction of sp³-hybridized carbons (Fsp3) is 0.0385. The summed E-state index contributed by atoms with van der Waals surface area (Å²) in [6, 6.07) is 18.4. The fourth-order valence-electron chi connectivity index (χ4n) is 4.23. The van der Waals surface area contributed by atoms with Crippen LogP contribution in [-0.2, 0) is 19.5 Å². The second kappa shape index (κ2) is 7.34. The third-order valence-corrected chi connectivity index (χ3v) is 5.72. The number of imide groups is 1. The molecule has 5 rings (SSSR count). The molecule has 4 aromatic carbocycles. The largest absolute Gasteiger partial charge is 0.322 e. The van der Waals surface area contributed by atoms with E-state index in [2.05, 4.69) is 46.6 Å². The van der Waals surface area contributed by atoms with Gasteiger partial charge in [0.05, 0.1) is 6.57 Å². The van der Waals surface area contributed by atoms with Crippen LogP contribution in [0.1, 0.15) is 12.5 Å². The van der Waals surface area contributed by atoms with E-state index in [-0.39, 0.29) is 11.3 Å². The van der Waals surface area contributed by atoms with E-state index in [0.717, 1.165) is 44.1 Å². The molecule has 32 heavy (non-hydrogen) atoms. The van der Waals surface area contributed by atoms with Gasteiger partial charge in [-0.05, 0) is 56.5 Å². The number of hydroxylamine groups is 2. The molecular formula is C26H16N2O4. The van der Waals surface area contributed by atoms with Crippen molar-refractivity contribution < 1.29 is 19.5 Å². The Hall–Kier alpha value is -4.47. The molecule has 0 atom stereocenters. The van der Waals surface area contributed by atoms with E-state index in [1.54, 1.807) is 13.0 Å². The van der Waals surface area contributed by atoms with E-state index in [1.165, 1.54) is 0 Å². The van der Waals surface area contributed by atoms with E-state index in [9.17, 15) is 9.59 Å². The average molecular weight is 420 g/mol. The molecule has 6 heteroatoms. The Bertz CT molecular complexity index is 1540. The number of carbonyl (C=O) groups is 2. The van der Waals surface area contributed by atoms with Gasteiger partial charge in [-0.25, -0.2) is 4.85 Å². The number of nitrogens with zero attached hydrogens (tertiary/aromatic N) is 2. The maximum Gasteiger partial charge on any atom is 0.287 e. The lowest BCUT2D eigenvalue weighted by Crippen LogP contribution is -2.42. The Kier molecular flexibility index (Phi) is 4.47. The Morgan fingerprint density at radius 1 is 0.938 bits per heavy atom. The van der Waals surface area contributed by atoms with Crippen LogP contribution in [0, 0.1) is 6.57 Å². The first kappa shape index (κ1) is 19.5. The fourth-order valence-corrected chi connectivity index (χ4v) is 4.23. The number of hydrogen-bond donors (Lipinski definition) is 0. The molecule has 0 fully saturated rings. The second-order valence-electron chi connectivity index (χ2n) is 7.40. The maximum atomic E-state index is 13.0. The normalized spacial score (nSPS) is 15.9. The SMILES string of the molecule is [C-]#[N+]C1=C(C)/C(=C\c2ccc3ccc4cccc5ccc2c3c45)C(=O)N(OOC=C)C1=O. The van der Waals surface area contributed by atoms with E-state index in [0.29, 0.717) is 10.6 Å². The summed E-state index contributed by atoms with van der Waals surface area (Å²) >= 11 is 0. The Morgan fingerprint density at radius 3 is 2.28 bits per heavy atom. The zero-order valence-corrected chi connectivity index (χ0v) is 17.1. The van der Waals surface area contributed by atoms with Gasteiger partial charge < -0.3 is 4.89 Å². The van der Waals surface area contributed by atoms with E-state index in [1.807, 2.05) is 24.3 Å². The average Bonchev–Trinajstić information content (AvgIpc) is 2.81. The van der Waals surface area contributed by atoms with Gasteiger partial charge >= 0.3 is 0 Å². The molecule has 1 aliphatic heterocycles. The Balaban J connectivity index is 1.76. The van der Waals surface area contributed by atoms with E-state index >= 15 is 0 Å². The maximum absolute atomic E-state index is 13.0. The highest BCUT2D eigenvalue weighted by molar-refractivity contribution is 6.25. The van der Waals surface area contributed by atoms with Gasteiger partial charge in [0, 0.05) is 5.57 Å². The summed E-state index contributed by atoms with van der Waals surface area (Å²) in [7, 11) is 0. The number of carbonyl (C=O) groups excluding carboxylic acids is 2. The van der Waals surface area contributed by atoms with Crippen molar-refractivity contribution in [3.63, 3.8) is 0 Å². The molecule has 1 aliphatic rings. The molecule has 0 unspecified atom stereocenters. The Labute approximate surface area is 183 Å². The molecule has 1 heterocycles. The van der Waals surface area contributed by atoms with Crippen LogP contribution in [0.4, 0.5) is 0 Å². The van der Waals surface area contributed by atoms with Crippen LogP contribution in [0.2, 0.25) is 0 Å². The van der Waals surface area contributed by atoms with Crippen molar-refractivity contribution in [1.29, 1.82) is 0 Å². The molecule has 0 aromatic heterocycles. The zero-order valence-electron chi connectivity index (χ0n) is 17.1. The summed E-state index contributed by atoms with van der Waals surface area (Å²) in [6.45, 7) is 12.3. The minimum Gasteiger partial charge on any atom is -0.322 e. The van der Waals surface area contributed by atoms with Crippen molar-refractivity contribution in [2.45, 2.75) is 6.92 Å². The summed E-state index contributed by atoms with van der Waals surface area (Å²) in [5, 5.41) is 7.03. The molecule has 2 amide bonds. The molecule has 0 bridgehead atoms. The smallest absolute Gasteiger partial charge is 0.287 e. The minimum atomic E-state index is -0.878. The van der Waals surface area contributed by atoms with Gasteiger partial charge in [0.2, 0.25) is 0 Å². The topological polar surface area (TPSA) is 60.2 Å². The molecule has 0 spiro atoms. The lowest BCUT2D eigenvalue weighted by atomic mass is 9.90. The van der Waals surface area contributed by atoms with Crippen LogP contribution in [0.25, 0.3) is 43.2 Å².